The van der Waals surface area contributed by atoms with Crippen molar-refractivity contribution in [3.63, 3.8) is 0 Å². The number of carbonyl (C=O) groups is 1. The molecule has 2 atom stereocenters. The summed E-state index contributed by atoms with van der Waals surface area (Å²) in [5.41, 5.74) is 0.0123. The minimum absolute atomic E-state index is 0.0123. The number of ether oxygens (including phenoxy) is 2. The Balaban J connectivity index is 1.99. The maximum atomic E-state index is 10.9. The summed E-state index contributed by atoms with van der Waals surface area (Å²) in [6, 6.07) is 0. The zero-order chi connectivity index (χ0) is 10.9. The smallest absolute Gasteiger partial charge is 0.304 e. The van der Waals surface area contributed by atoms with Gasteiger partial charge in [-0.1, -0.05) is 26.2 Å². The van der Waals surface area contributed by atoms with Gasteiger partial charge in [-0.3, -0.25) is 4.79 Å². The molecule has 86 valence electrons. The molecule has 0 bridgehead atoms. The molecule has 2 fully saturated rings. The van der Waals surface area contributed by atoms with E-state index in [1.54, 1.807) is 0 Å². The van der Waals surface area contributed by atoms with Crippen molar-refractivity contribution in [3.8, 4) is 0 Å². The van der Waals surface area contributed by atoms with E-state index in [2.05, 4.69) is 6.92 Å². The van der Waals surface area contributed by atoms with E-state index in [0.29, 0.717) is 5.92 Å². The van der Waals surface area contributed by atoms with E-state index in [9.17, 15) is 4.79 Å². The normalized spacial score (nSPS) is 34.3. The van der Waals surface area contributed by atoms with Crippen LogP contribution in [0.2, 0.25) is 0 Å². The van der Waals surface area contributed by atoms with E-state index >= 15 is 0 Å². The van der Waals surface area contributed by atoms with Gasteiger partial charge in [0.15, 0.2) is 0 Å². The van der Waals surface area contributed by atoms with Crippen LogP contribution in [0.3, 0.4) is 0 Å². The predicted molar refractivity (Wildman–Crippen MR) is 56.2 cm³/mol. The summed E-state index contributed by atoms with van der Waals surface area (Å²) in [5, 5.41) is 0. The molecule has 0 radical (unpaired) electrons. The van der Waals surface area contributed by atoms with E-state index in [0.717, 1.165) is 19.3 Å². The molecule has 0 N–H and O–H groups in total. The zero-order valence-corrected chi connectivity index (χ0v) is 9.62. The summed E-state index contributed by atoms with van der Waals surface area (Å²) in [6.45, 7) is 3.66. The Morgan fingerprint density at radius 3 is 2.60 bits per heavy atom. The van der Waals surface area contributed by atoms with Crippen molar-refractivity contribution >= 4 is 5.97 Å². The Morgan fingerprint density at radius 1 is 1.33 bits per heavy atom. The van der Waals surface area contributed by atoms with Gasteiger partial charge in [-0.25, -0.2) is 0 Å². The van der Waals surface area contributed by atoms with Crippen molar-refractivity contribution < 1.29 is 14.3 Å². The number of hydrogen-bond donors (Lipinski definition) is 0. The molecule has 0 aromatic heterocycles. The molecular formula is C12H20O3. The summed E-state index contributed by atoms with van der Waals surface area (Å²) >= 11 is 0. The van der Waals surface area contributed by atoms with Gasteiger partial charge in [-0.15, -0.1) is 0 Å². The van der Waals surface area contributed by atoms with Crippen LogP contribution in [0.4, 0.5) is 0 Å². The van der Waals surface area contributed by atoms with Gasteiger partial charge in [0.05, 0.1) is 5.60 Å². The number of carbonyl (C=O) groups excluding carboxylic acids is 1. The number of rotatable bonds is 1. The molecule has 15 heavy (non-hydrogen) atoms. The molecule has 1 saturated carbocycles. The van der Waals surface area contributed by atoms with Crippen molar-refractivity contribution in [1.29, 1.82) is 0 Å². The van der Waals surface area contributed by atoms with E-state index in [4.69, 9.17) is 9.47 Å². The summed E-state index contributed by atoms with van der Waals surface area (Å²) in [5.74, 6) is 0.280. The van der Waals surface area contributed by atoms with Crippen molar-refractivity contribution in [3.05, 3.63) is 0 Å². The zero-order valence-electron chi connectivity index (χ0n) is 9.62. The maximum absolute atomic E-state index is 10.9. The van der Waals surface area contributed by atoms with Gasteiger partial charge < -0.3 is 9.47 Å². The standard InChI is InChI=1S/C12H20O3/c1-9-8-11(14-10(2)13)15-12(9)6-4-3-5-7-12/h9,11H,3-8H2,1-2H3. The molecule has 2 unspecified atom stereocenters. The van der Waals surface area contributed by atoms with Crippen molar-refractivity contribution in [2.45, 2.75) is 64.3 Å². The van der Waals surface area contributed by atoms with Gasteiger partial charge in [0.2, 0.25) is 6.29 Å². The first-order valence-electron chi connectivity index (χ1n) is 5.97. The molecule has 1 aliphatic carbocycles. The Morgan fingerprint density at radius 2 is 2.00 bits per heavy atom. The van der Waals surface area contributed by atoms with Crippen LogP contribution in [0.5, 0.6) is 0 Å². The number of hydrogen-bond acceptors (Lipinski definition) is 3. The first kappa shape index (κ1) is 10.9. The average Bonchev–Trinajstić information content (AvgIpc) is 2.43. The molecule has 1 heterocycles. The highest BCUT2D eigenvalue weighted by Crippen LogP contribution is 2.45. The average molecular weight is 212 g/mol. The molecule has 2 aliphatic rings. The molecule has 3 nitrogen and oxygen atoms in total. The lowest BCUT2D eigenvalue weighted by atomic mass is 9.77. The lowest BCUT2D eigenvalue weighted by Crippen LogP contribution is -2.37. The molecule has 1 spiro atoms. The van der Waals surface area contributed by atoms with Gasteiger partial charge in [0, 0.05) is 13.3 Å². The fourth-order valence-electron chi connectivity index (χ4n) is 2.95. The molecule has 0 aromatic carbocycles. The van der Waals surface area contributed by atoms with E-state index in [-0.39, 0.29) is 17.9 Å². The molecule has 3 heteroatoms. The maximum Gasteiger partial charge on any atom is 0.304 e. The summed E-state index contributed by atoms with van der Waals surface area (Å²) in [4.78, 5) is 10.9. The first-order valence-corrected chi connectivity index (χ1v) is 5.97. The molecular weight excluding hydrogens is 192 g/mol. The summed E-state index contributed by atoms with van der Waals surface area (Å²) in [7, 11) is 0. The molecule has 0 aromatic rings. The molecule has 0 amide bonds. The second-order valence-electron chi connectivity index (χ2n) is 4.92. The van der Waals surface area contributed by atoms with Gasteiger partial charge in [0.1, 0.15) is 0 Å². The Hall–Kier alpha value is -0.570. The molecule has 1 aliphatic heterocycles. The van der Waals surface area contributed by atoms with Crippen LogP contribution >= 0.6 is 0 Å². The predicted octanol–water partition coefficient (Wildman–Crippen LogP) is 2.63. The second kappa shape index (κ2) is 4.12. The third-order valence-corrected chi connectivity index (χ3v) is 3.81. The highest BCUT2D eigenvalue weighted by Gasteiger charge is 2.47. The topological polar surface area (TPSA) is 35.5 Å². The number of esters is 1. The van der Waals surface area contributed by atoms with Crippen LogP contribution in [0, 0.1) is 5.92 Å². The first-order chi connectivity index (χ1) is 7.12. The highest BCUT2D eigenvalue weighted by atomic mass is 16.7. The lowest BCUT2D eigenvalue weighted by molar-refractivity contribution is -0.191. The van der Waals surface area contributed by atoms with Crippen LogP contribution in [0.15, 0.2) is 0 Å². The van der Waals surface area contributed by atoms with E-state index in [1.807, 2.05) is 0 Å². The minimum Gasteiger partial charge on any atom is -0.436 e. The van der Waals surface area contributed by atoms with Crippen LogP contribution < -0.4 is 0 Å². The minimum atomic E-state index is -0.296. The van der Waals surface area contributed by atoms with Gasteiger partial charge >= 0.3 is 5.97 Å². The van der Waals surface area contributed by atoms with Crippen LogP contribution in [-0.2, 0) is 14.3 Å². The summed E-state index contributed by atoms with van der Waals surface area (Å²) in [6.07, 6.45) is 6.64. The summed E-state index contributed by atoms with van der Waals surface area (Å²) < 4.78 is 11.1. The van der Waals surface area contributed by atoms with Gasteiger partial charge in [0.25, 0.3) is 0 Å². The Kier molecular flexibility index (Phi) is 3.01. The second-order valence-corrected chi connectivity index (χ2v) is 4.92. The van der Waals surface area contributed by atoms with Crippen molar-refractivity contribution in [1.82, 2.24) is 0 Å². The monoisotopic (exact) mass is 212 g/mol. The molecule has 1 saturated heterocycles. The van der Waals surface area contributed by atoms with Crippen molar-refractivity contribution in [2.24, 2.45) is 5.92 Å². The Bertz CT molecular complexity index is 243. The third-order valence-electron chi connectivity index (χ3n) is 3.81. The highest BCUT2D eigenvalue weighted by molar-refractivity contribution is 5.66. The Labute approximate surface area is 91.1 Å². The largest absolute Gasteiger partial charge is 0.436 e. The molecule has 2 rings (SSSR count). The quantitative estimate of drug-likeness (QED) is 0.627. The van der Waals surface area contributed by atoms with E-state index < -0.39 is 0 Å². The lowest BCUT2D eigenvalue weighted by Gasteiger charge is -2.36. The van der Waals surface area contributed by atoms with Crippen LogP contribution in [0.25, 0.3) is 0 Å². The fourth-order valence-corrected chi connectivity index (χ4v) is 2.95. The third kappa shape index (κ3) is 2.17. The van der Waals surface area contributed by atoms with E-state index in [1.165, 1.54) is 26.2 Å². The van der Waals surface area contributed by atoms with Crippen molar-refractivity contribution in [2.75, 3.05) is 0 Å². The van der Waals surface area contributed by atoms with Crippen LogP contribution in [-0.4, -0.2) is 17.9 Å². The van der Waals surface area contributed by atoms with Gasteiger partial charge in [-0.2, -0.15) is 0 Å². The fraction of sp³-hybridized carbons (Fsp3) is 0.917. The van der Waals surface area contributed by atoms with Gasteiger partial charge in [-0.05, 0) is 18.8 Å². The SMILES string of the molecule is CC(=O)OC1CC(C)C2(CCCCC2)O1. The van der Waals surface area contributed by atoms with Crippen LogP contribution in [0.1, 0.15) is 52.4 Å².